The maximum atomic E-state index is 13.7. The first kappa shape index (κ1) is 28.8. The Bertz CT molecular complexity index is 1850. The third kappa shape index (κ3) is 4.88. The number of anilines is 2. The molecule has 236 valence electrons. The van der Waals surface area contributed by atoms with Crippen molar-refractivity contribution >= 4 is 47.0 Å². The first-order chi connectivity index (χ1) is 23.0. The van der Waals surface area contributed by atoms with Gasteiger partial charge in [0.2, 0.25) is 0 Å². The molecule has 4 heterocycles. The van der Waals surface area contributed by atoms with Crippen LogP contribution in [0.1, 0.15) is 38.3 Å². The van der Waals surface area contributed by atoms with E-state index in [2.05, 4.69) is 9.98 Å². The SMILES string of the molecule is COc1cc2c(cc1OCCCOc1cc3c(cc1OC)C(=O)N1c4ccccc4C[C@H]1C=N3)N=C[C@@H]1Cc3ccccc3N1C2=O. The molecule has 0 saturated heterocycles. The number of benzene rings is 4. The minimum absolute atomic E-state index is 0.114. The summed E-state index contributed by atoms with van der Waals surface area (Å²) in [5, 5.41) is 0. The number of carbonyl (C=O) groups excluding carboxylic acids is 2. The molecule has 4 aromatic carbocycles. The van der Waals surface area contributed by atoms with Gasteiger partial charge in [-0.2, -0.15) is 0 Å². The van der Waals surface area contributed by atoms with Gasteiger partial charge in [0.15, 0.2) is 23.0 Å². The van der Waals surface area contributed by atoms with Crippen LogP contribution in [-0.4, -0.2) is 63.8 Å². The Morgan fingerprint density at radius 1 is 0.638 bits per heavy atom. The van der Waals surface area contributed by atoms with Gasteiger partial charge in [-0.05, 0) is 35.4 Å². The highest BCUT2D eigenvalue weighted by Crippen LogP contribution is 2.42. The van der Waals surface area contributed by atoms with Crippen molar-refractivity contribution in [1.82, 2.24) is 0 Å². The monoisotopic (exact) mass is 628 g/mol. The van der Waals surface area contributed by atoms with Crippen LogP contribution in [0.2, 0.25) is 0 Å². The summed E-state index contributed by atoms with van der Waals surface area (Å²) < 4.78 is 23.4. The van der Waals surface area contributed by atoms with Gasteiger partial charge >= 0.3 is 0 Å². The lowest BCUT2D eigenvalue weighted by atomic mass is 10.1. The van der Waals surface area contributed by atoms with Gasteiger partial charge in [-0.1, -0.05) is 36.4 Å². The predicted molar refractivity (Wildman–Crippen MR) is 179 cm³/mol. The van der Waals surface area contributed by atoms with Crippen LogP contribution in [0.15, 0.2) is 82.8 Å². The number of rotatable bonds is 8. The molecule has 4 aliphatic heterocycles. The number of aliphatic imine (C=N–C) groups is 2. The highest BCUT2D eigenvalue weighted by molar-refractivity contribution is 6.15. The molecule has 0 radical (unpaired) electrons. The van der Waals surface area contributed by atoms with Crippen LogP contribution >= 0.6 is 0 Å². The van der Waals surface area contributed by atoms with Crippen LogP contribution in [0.4, 0.5) is 22.7 Å². The summed E-state index contributed by atoms with van der Waals surface area (Å²) in [4.78, 5) is 40.3. The van der Waals surface area contributed by atoms with E-state index in [0.717, 1.165) is 35.3 Å². The molecule has 0 fully saturated rings. The lowest BCUT2D eigenvalue weighted by Crippen LogP contribution is -2.37. The summed E-state index contributed by atoms with van der Waals surface area (Å²) in [6.45, 7) is 0.657. The van der Waals surface area contributed by atoms with Crippen molar-refractivity contribution in [3.8, 4) is 23.0 Å². The van der Waals surface area contributed by atoms with Gasteiger partial charge in [-0.3, -0.25) is 29.4 Å². The maximum absolute atomic E-state index is 13.7. The zero-order chi connectivity index (χ0) is 32.1. The van der Waals surface area contributed by atoms with Crippen LogP contribution in [0.3, 0.4) is 0 Å². The molecule has 0 aliphatic carbocycles. The quantitative estimate of drug-likeness (QED) is 0.218. The Kier molecular flexibility index (Phi) is 7.12. The van der Waals surface area contributed by atoms with E-state index in [4.69, 9.17) is 18.9 Å². The molecule has 2 atom stereocenters. The molecule has 0 spiro atoms. The fraction of sp³-hybridized carbons (Fsp3) is 0.243. The Labute approximate surface area is 271 Å². The Balaban J connectivity index is 0.944. The molecule has 10 nitrogen and oxygen atoms in total. The van der Waals surface area contributed by atoms with E-state index in [-0.39, 0.29) is 23.9 Å². The van der Waals surface area contributed by atoms with Crippen LogP contribution in [0, 0.1) is 0 Å². The maximum Gasteiger partial charge on any atom is 0.261 e. The summed E-state index contributed by atoms with van der Waals surface area (Å²) in [7, 11) is 3.10. The molecule has 0 N–H and O–H groups in total. The number of nitrogens with zero attached hydrogens (tertiary/aromatic N) is 4. The smallest absolute Gasteiger partial charge is 0.261 e. The number of fused-ring (bicyclic) bond motifs is 8. The van der Waals surface area contributed by atoms with Crippen molar-refractivity contribution in [2.45, 2.75) is 31.3 Å². The number of hydrogen-bond acceptors (Lipinski definition) is 8. The van der Waals surface area contributed by atoms with E-state index >= 15 is 0 Å². The molecule has 8 rings (SSSR count). The molecule has 47 heavy (non-hydrogen) atoms. The highest BCUT2D eigenvalue weighted by Gasteiger charge is 2.38. The summed E-state index contributed by atoms with van der Waals surface area (Å²) in [6, 6.07) is 22.5. The standard InChI is InChI=1S/C37H32N4O6/c1-44-32-16-26-28(38-20-24-14-22-8-3-5-10-30(22)40(24)36(26)42)18-34(32)46-12-7-13-47-35-19-29-27(17-33(35)45-2)37(43)41-25(21-39-29)15-23-9-4-6-11-31(23)41/h3-6,8-11,16-21,24-25H,7,12-15H2,1-2H3/t24-,25-/m0/s1. The third-order valence-corrected chi connectivity index (χ3v) is 9.06. The second-order valence-corrected chi connectivity index (χ2v) is 11.8. The Morgan fingerprint density at radius 3 is 1.53 bits per heavy atom. The summed E-state index contributed by atoms with van der Waals surface area (Å²) >= 11 is 0. The van der Waals surface area contributed by atoms with E-state index in [9.17, 15) is 9.59 Å². The minimum Gasteiger partial charge on any atom is -0.493 e. The molecule has 10 heteroatoms. The first-order valence-electron chi connectivity index (χ1n) is 15.6. The number of hydrogen-bond donors (Lipinski definition) is 0. The Hall–Kier alpha value is -5.64. The topological polar surface area (TPSA) is 102 Å². The lowest BCUT2D eigenvalue weighted by molar-refractivity contribution is 0.0978. The van der Waals surface area contributed by atoms with Gasteiger partial charge in [-0.15, -0.1) is 0 Å². The summed E-state index contributed by atoms with van der Waals surface area (Å²) in [6.07, 6.45) is 5.67. The third-order valence-electron chi connectivity index (χ3n) is 9.06. The number of amides is 2. The van der Waals surface area contributed by atoms with Crippen molar-refractivity contribution in [3.05, 3.63) is 95.1 Å². The van der Waals surface area contributed by atoms with Crippen molar-refractivity contribution in [1.29, 1.82) is 0 Å². The number of ether oxygens (including phenoxy) is 4. The number of para-hydroxylation sites is 2. The number of carbonyl (C=O) groups is 2. The average molecular weight is 629 g/mol. The predicted octanol–water partition coefficient (Wildman–Crippen LogP) is 6.13. The normalized spacial score (nSPS) is 18.3. The van der Waals surface area contributed by atoms with Crippen molar-refractivity contribution in [3.63, 3.8) is 0 Å². The molecule has 4 aromatic rings. The van der Waals surface area contributed by atoms with E-state index in [1.54, 1.807) is 38.5 Å². The fourth-order valence-corrected chi connectivity index (χ4v) is 6.80. The minimum atomic E-state index is -0.137. The summed E-state index contributed by atoms with van der Waals surface area (Å²) in [5.74, 6) is 1.68. The van der Waals surface area contributed by atoms with Crippen molar-refractivity contribution < 1.29 is 28.5 Å². The van der Waals surface area contributed by atoms with E-state index in [1.807, 2.05) is 70.8 Å². The van der Waals surface area contributed by atoms with Gasteiger partial charge in [0.1, 0.15) is 0 Å². The van der Waals surface area contributed by atoms with Crippen LogP contribution in [0.5, 0.6) is 23.0 Å². The summed E-state index contributed by atoms with van der Waals surface area (Å²) in [5.41, 5.74) is 6.11. The molecule has 0 saturated carbocycles. The van der Waals surface area contributed by atoms with Gasteiger partial charge in [-0.25, -0.2) is 0 Å². The molecule has 0 unspecified atom stereocenters. The second kappa shape index (κ2) is 11.6. The second-order valence-electron chi connectivity index (χ2n) is 11.8. The zero-order valence-corrected chi connectivity index (χ0v) is 26.0. The van der Waals surface area contributed by atoms with E-state index < -0.39 is 0 Å². The van der Waals surface area contributed by atoms with Crippen molar-refractivity contribution in [2.75, 3.05) is 37.2 Å². The van der Waals surface area contributed by atoms with Gasteiger partial charge in [0, 0.05) is 55.2 Å². The molecule has 0 bridgehead atoms. The molecular formula is C37H32N4O6. The molecule has 2 amide bonds. The largest absolute Gasteiger partial charge is 0.493 e. The lowest BCUT2D eigenvalue weighted by Gasteiger charge is -2.22. The average Bonchev–Trinajstić information content (AvgIpc) is 3.59. The van der Waals surface area contributed by atoms with Crippen LogP contribution in [0.25, 0.3) is 0 Å². The van der Waals surface area contributed by atoms with E-state index in [0.29, 0.717) is 65.1 Å². The number of methoxy groups -OCH3 is 2. The molecule has 4 aliphatic rings. The molecular weight excluding hydrogens is 596 g/mol. The van der Waals surface area contributed by atoms with Crippen molar-refractivity contribution in [2.24, 2.45) is 9.98 Å². The van der Waals surface area contributed by atoms with Crippen LogP contribution in [-0.2, 0) is 12.8 Å². The first-order valence-corrected chi connectivity index (χ1v) is 15.6. The van der Waals surface area contributed by atoms with E-state index in [1.165, 1.54) is 0 Å². The zero-order valence-electron chi connectivity index (χ0n) is 26.0. The Morgan fingerprint density at radius 2 is 1.09 bits per heavy atom. The highest BCUT2D eigenvalue weighted by atomic mass is 16.5. The van der Waals surface area contributed by atoms with Gasteiger partial charge in [0.25, 0.3) is 11.8 Å². The van der Waals surface area contributed by atoms with Gasteiger partial charge in [0.05, 0.1) is 62.0 Å². The molecule has 0 aromatic heterocycles. The van der Waals surface area contributed by atoms with Gasteiger partial charge < -0.3 is 18.9 Å². The fourth-order valence-electron chi connectivity index (χ4n) is 6.80. The van der Waals surface area contributed by atoms with Crippen LogP contribution < -0.4 is 28.7 Å².